The van der Waals surface area contributed by atoms with Crippen molar-refractivity contribution in [3.8, 4) is 0 Å². The van der Waals surface area contributed by atoms with E-state index in [0.717, 1.165) is 22.0 Å². The SMILES string of the molecule is OC(c1cccc(C2CC2)c1)c1cccc2[nH]ccc12. The normalized spacial score (nSPS) is 16.4. The number of fused-ring (bicyclic) bond motifs is 1. The third kappa shape index (κ3) is 1.93. The van der Waals surface area contributed by atoms with Crippen molar-refractivity contribution >= 4 is 10.9 Å². The maximum Gasteiger partial charge on any atom is 0.105 e. The average molecular weight is 263 g/mol. The molecule has 20 heavy (non-hydrogen) atoms. The minimum Gasteiger partial charge on any atom is -0.384 e. The molecule has 0 bridgehead atoms. The minimum atomic E-state index is -0.562. The Morgan fingerprint density at radius 2 is 1.90 bits per heavy atom. The van der Waals surface area contributed by atoms with Crippen LogP contribution in [0.25, 0.3) is 10.9 Å². The van der Waals surface area contributed by atoms with Crippen LogP contribution < -0.4 is 0 Å². The molecule has 3 aromatic rings. The van der Waals surface area contributed by atoms with Gasteiger partial charge in [-0.05, 0) is 47.6 Å². The molecule has 2 heteroatoms. The highest BCUT2D eigenvalue weighted by atomic mass is 16.3. The first-order valence-electron chi connectivity index (χ1n) is 7.17. The van der Waals surface area contributed by atoms with E-state index in [0.29, 0.717) is 5.92 Å². The van der Waals surface area contributed by atoms with E-state index in [4.69, 9.17) is 0 Å². The average Bonchev–Trinajstić information content (AvgIpc) is 3.23. The molecule has 0 amide bonds. The van der Waals surface area contributed by atoms with Gasteiger partial charge in [0.05, 0.1) is 0 Å². The Balaban J connectivity index is 1.77. The quantitative estimate of drug-likeness (QED) is 0.732. The largest absolute Gasteiger partial charge is 0.384 e. The molecule has 1 aliphatic carbocycles. The minimum absolute atomic E-state index is 0.562. The van der Waals surface area contributed by atoms with E-state index in [1.807, 2.05) is 36.5 Å². The van der Waals surface area contributed by atoms with Gasteiger partial charge in [-0.1, -0.05) is 36.4 Å². The standard InChI is InChI=1S/C18H17NO/c20-18(14-4-1-3-13(11-14)12-7-8-12)16-5-2-6-17-15(16)9-10-19-17/h1-6,9-12,18-20H,7-8H2. The first-order chi connectivity index (χ1) is 9.83. The van der Waals surface area contributed by atoms with Crippen LogP contribution in [0.2, 0.25) is 0 Å². The Hall–Kier alpha value is -2.06. The Kier molecular flexibility index (Phi) is 2.64. The summed E-state index contributed by atoms with van der Waals surface area (Å²) in [6, 6.07) is 16.5. The van der Waals surface area contributed by atoms with Gasteiger partial charge in [0.25, 0.3) is 0 Å². The third-order valence-corrected chi connectivity index (χ3v) is 4.20. The Morgan fingerprint density at radius 1 is 1.05 bits per heavy atom. The predicted molar refractivity (Wildman–Crippen MR) is 80.8 cm³/mol. The molecule has 100 valence electrons. The van der Waals surface area contributed by atoms with Gasteiger partial charge in [0.1, 0.15) is 6.10 Å². The molecule has 1 atom stereocenters. The molecule has 1 unspecified atom stereocenters. The lowest BCUT2D eigenvalue weighted by atomic mass is 9.96. The molecule has 0 saturated heterocycles. The number of rotatable bonds is 3. The van der Waals surface area contributed by atoms with E-state index in [-0.39, 0.29) is 0 Å². The molecule has 1 aliphatic rings. The van der Waals surface area contributed by atoms with Gasteiger partial charge in [0, 0.05) is 17.1 Å². The van der Waals surface area contributed by atoms with Crippen LogP contribution in [0, 0.1) is 0 Å². The molecule has 1 heterocycles. The molecule has 1 fully saturated rings. The Labute approximate surface area is 118 Å². The third-order valence-electron chi connectivity index (χ3n) is 4.20. The highest BCUT2D eigenvalue weighted by molar-refractivity contribution is 5.83. The smallest absolute Gasteiger partial charge is 0.105 e. The summed E-state index contributed by atoms with van der Waals surface area (Å²) < 4.78 is 0. The van der Waals surface area contributed by atoms with E-state index in [1.54, 1.807) is 0 Å². The topological polar surface area (TPSA) is 36.0 Å². The number of hydrogen-bond donors (Lipinski definition) is 2. The van der Waals surface area contributed by atoms with Gasteiger partial charge in [0.15, 0.2) is 0 Å². The summed E-state index contributed by atoms with van der Waals surface area (Å²) in [7, 11) is 0. The second-order valence-electron chi connectivity index (χ2n) is 5.63. The molecule has 2 nitrogen and oxygen atoms in total. The monoisotopic (exact) mass is 263 g/mol. The molecule has 1 aromatic heterocycles. The highest BCUT2D eigenvalue weighted by Crippen LogP contribution is 2.41. The van der Waals surface area contributed by atoms with Crippen LogP contribution in [-0.4, -0.2) is 10.1 Å². The van der Waals surface area contributed by atoms with Crippen LogP contribution in [0.4, 0.5) is 0 Å². The number of benzene rings is 2. The summed E-state index contributed by atoms with van der Waals surface area (Å²) in [6.07, 6.45) is 3.93. The van der Waals surface area contributed by atoms with Crippen LogP contribution in [0.15, 0.2) is 54.7 Å². The molecular formula is C18H17NO. The summed E-state index contributed by atoms with van der Waals surface area (Å²) >= 11 is 0. The molecule has 0 radical (unpaired) electrons. The van der Waals surface area contributed by atoms with Crippen molar-refractivity contribution in [1.29, 1.82) is 0 Å². The summed E-state index contributed by atoms with van der Waals surface area (Å²) in [6.45, 7) is 0. The number of aliphatic hydroxyl groups excluding tert-OH is 1. The van der Waals surface area contributed by atoms with Gasteiger partial charge in [-0.3, -0.25) is 0 Å². The fourth-order valence-electron chi connectivity index (χ4n) is 2.93. The van der Waals surface area contributed by atoms with Gasteiger partial charge < -0.3 is 10.1 Å². The van der Waals surface area contributed by atoms with E-state index < -0.39 is 6.10 Å². The number of hydrogen-bond acceptors (Lipinski definition) is 1. The zero-order chi connectivity index (χ0) is 13.5. The summed E-state index contributed by atoms with van der Waals surface area (Å²) in [5, 5.41) is 11.8. The molecule has 0 spiro atoms. The van der Waals surface area contributed by atoms with Crippen molar-refractivity contribution in [3.63, 3.8) is 0 Å². The molecule has 2 aromatic carbocycles. The van der Waals surface area contributed by atoms with Gasteiger partial charge >= 0.3 is 0 Å². The van der Waals surface area contributed by atoms with Crippen molar-refractivity contribution in [1.82, 2.24) is 4.98 Å². The van der Waals surface area contributed by atoms with Gasteiger partial charge in [-0.15, -0.1) is 0 Å². The maximum atomic E-state index is 10.7. The fraction of sp³-hybridized carbons (Fsp3) is 0.222. The van der Waals surface area contributed by atoms with Crippen molar-refractivity contribution < 1.29 is 5.11 Å². The van der Waals surface area contributed by atoms with Crippen LogP contribution >= 0.6 is 0 Å². The van der Waals surface area contributed by atoms with Gasteiger partial charge in [0.2, 0.25) is 0 Å². The second kappa shape index (κ2) is 4.50. The number of aromatic nitrogens is 1. The maximum absolute atomic E-state index is 10.7. The van der Waals surface area contributed by atoms with Gasteiger partial charge in [-0.2, -0.15) is 0 Å². The van der Waals surface area contributed by atoms with Crippen LogP contribution in [-0.2, 0) is 0 Å². The predicted octanol–water partition coefficient (Wildman–Crippen LogP) is 4.13. The fourth-order valence-corrected chi connectivity index (χ4v) is 2.93. The van der Waals surface area contributed by atoms with Gasteiger partial charge in [-0.25, -0.2) is 0 Å². The van der Waals surface area contributed by atoms with E-state index in [9.17, 15) is 5.11 Å². The first kappa shape index (κ1) is 11.7. The molecule has 1 saturated carbocycles. The zero-order valence-electron chi connectivity index (χ0n) is 11.2. The second-order valence-corrected chi connectivity index (χ2v) is 5.63. The first-order valence-corrected chi connectivity index (χ1v) is 7.17. The molecule has 2 N–H and O–H groups in total. The molecule has 0 aliphatic heterocycles. The number of nitrogens with one attached hydrogen (secondary N) is 1. The van der Waals surface area contributed by atoms with Crippen LogP contribution in [0.1, 0.15) is 41.6 Å². The van der Waals surface area contributed by atoms with Crippen molar-refractivity contribution in [2.75, 3.05) is 0 Å². The summed E-state index contributed by atoms with van der Waals surface area (Å²) in [5.74, 6) is 0.713. The lowest BCUT2D eigenvalue weighted by Gasteiger charge is -2.14. The lowest BCUT2D eigenvalue weighted by Crippen LogP contribution is -2.00. The highest BCUT2D eigenvalue weighted by Gasteiger charge is 2.24. The van der Waals surface area contributed by atoms with Crippen molar-refractivity contribution in [3.05, 3.63) is 71.4 Å². The van der Waals surface area contributed by atoms with Crippen LogP contribution in [0.5, 0.6) is 0 Å². The Bertz CT molecular complexity index is 755. The summed E-state index contributed by atoms with van der Waals surface area (Å²) in [4.78, 5) is 3.19. The van der Waals surface area contributed by atoms with Crippen molar-refractivity contribution in [2.45, 2.75) is 24.9 Å². The van der Waals surface area contributed by atoms with Crippen LogP contribution in [0.3, 0.4) is 0 Å². The molecule has 4 rings (SSSR count). The number of H-pyrrole nitrogens is 1. The van der Waals surface area contributed by atoms with E-state index >= 15 is 0 Å². The van der Waals surface area contributed by atoms with E-state index in [1.165, 1.54) is 18.4 Å². The zero-order valence-corrected chi connectivity index (χ0v) is 11.2. The Morgan fingerprint density at radius 3 is 2.75 bits per heavy atom. The lowest BCUT2D eigenvalue weighted by molar-refractivity contribution is 0.222. The molecular weight excluding hydrogens is 246 g/mol. The summed E-state index contributed by atoms with van der Waals surface area (Å²) in [5.41, 5.74) is 4.39. The number of aliphatic hydroxyl groups is 1. The van der Waals surface area contributed by atoms with Crippen molar-refractivity contribution in [2.24, 2.45) is 0 Å². The van der Waals surface area contributed by atoms with E-state index in [2.05, 4.69) is 23.2 Å². The number of aromatic amines is 1.